The summed E-state index contributed by atoms with van der Waals surface area (Å²) in [5.74, 6) is -0.0150. The summed E-state index contributed by atoms with van der Waals surface area (Å²) in [7, 11) is 0. The zero-order valence-corrected chi connectivity index (χ0v) is 15.5. The molecule has 0 aliphatic carbocycles. The number of carbonyl (C=O) groups excluding carboxylic acids is 1. The van der Waals surface area contributed by atoms with Gasteiger partial charge in [-0.25, -0.2) is 0 Å². The average Bonchev–Trinajstić information content (AvgIpc) is 2.72. The van der Waals surface area contributed by atoms with Crippen molar-refractivity contribution < 1.29 is 23.9 Å². The van der Waals surface area contributed by atoms with Crippen LogP contribution in [0, 0.1) is 10.1 Å². The molecule has 8 nitrogen and oxygen atoms in total. The van der Waals surface area contributed by atoms with Gasteiger partial charge in [0.1, 0.15) is 17.6 Å². The molecule has 0 amide bonds. The van der Waals surface area contributed by atoms with E-state index >= 15 is 0 Å². The Balaban J connectivity index is 1.55. The highest BCUT2D eigenvalue weighted by Gasteiger charge is 2.10. The molecular weight excluding hydrogens is 378 g/mol. The van der Waals surface area contributed by atoms with Crippen LogP contribution in [-0.2, 0) is 9.63 Å². The van der Waals surface area contributed by atoms with Crippen LogP contribution in [0.1, 0.15) is 25.7 Å². The zero-order chi connectivity index (χ0) is 20.6. The predicted octanol–water partition coefficient (Wildman–Crippen LogP) is 4.13. The number of esters is 1. The van der Waals surface area contributed by atoms with E-state index in [0.29, 0.717) is 47.1 Å². The Labute approximate surface area is 165 Å². The summed E-state index contributed by atoms with van der Waals surface area (Å²) < 4.78 is 10.8. The molecule has 1 heterocycles. The maximum Gasteiger partial charge on any atom is 0.311 e. The van der Waals surface area contributed by atoms with Gasteiger partial charge in [0.2, 0.25) is 0 Å². The summed E-state index contributed by atoms with van der Waals surface area (Å²) in [5.41, 5.74) is 1.49. The van der Waals surface area contributed by atoms with Gasteiger partial charge in [-0.15, -0.1) is 10.1 Å². The molecule has 0 fully saturated rings. The first-order valence-electron chi connectivity index (χ1n) is 9.13. The lowest BCUT2D eigenvalue weighted by molar-refractivity contribution is -0.757. The second-order valence-electron chi connectivity index (χ2n) is 6.34. The van der Waals surface area contributed by atoms with E-state index in [9.17, 15) is 19.7 Å². The van der Waals surface area contributed by atoms with Gasteiger partial charge in [0.25, 0.3) is 5.09 Å². The number of fused-ring (bicyclic) bond motifs is 1. The molecule has 0 radical (unpaired) electrons. The summed E-state index contributed by atoms with van der Waals surface area (Å²) in [4.78, 5) is 38.7. The molecule has 8 heteroatoms. The first-order chi connectivity index (χ1) is 14.0. The molecule has 0 bridgehead atoms. The minimum absolute atomic E-state index is 0.0201. The lowest BCUT2D eigenvalue weighted by Crippen LogP contribution is -2.08. The highest BCUT2D eigenvalue weighted by atomic mass is 16.9. The van der Waals surface area contributed by atoms with Crippen LogP contribution in [0.5, 0.6) is 5.75 Å². The highest BCUT2D eigenvalue weighted by molar-refractivity contribution is 5.81. The van der Waals surface area contributed by atoms with Crippen molar-refractivity contribution in [3.63, 3.8) is 0 Å². The summed E-state index contributed by atoms with van der Waals surface area (Å²) in [6.45, 7) is 0.0201. The standard InChI is InChI=1S/C21H19NO7/c23-20(8-2-1-5-13-28-22(25)26)29-16-11-9-15(10-12-16)18-14-27-19-7-4-3-6-17(19)21(18)24/h3-4,6-7,9-12,14H,1-2,5,8,13H2. The number of carbonyl (C=O) groups is 1. The highest BCUT2D eigenvalue weighted by Crippen LogP contribution is 2.22. The van der Waals surface area contributed by atoms with Crippen molar-refractivity contribution in [2.75, 3.05) is 6.61 Å². The first-order valence-corrected chi connectivity index (χ1v) is 9.13. The van der Waals surface area contributed by atoms with E-state index in [1.54, 1.807) is 48.5 Å². The van der Waals surface area contributed by atoms with Crippen molar-refractivity contribution in [1.29, 1.82) is 0 Å². The van der Waals surface area contributed by atoms with Crippen LogP contribution in [0.15, 0.2) is 64.0 Å². The fourth-order valence-electron chi connectivity index (χ4n) is 2.85. The monoisotopic (exact) mass is 397 g/mol. The van der Waals surface area contributed by atoms with Gasteiger partial charge in [0.15, 0.2) is 5.43 Å². The van der Waals surface area contributed by atoms with Crippen LogP contribution in [-0.4, -0.2) is 17.7 Å². The zero-order valence-electron chi connectivity index (χ0n) is 15.5. The first kappa shape index (κ1) is 20.1. The van der Waals surface area contributed by atoms with Gasteiger partial charge in [-0.1, -0.05) is 30.7 Å². The van der Waals surface area contributed by atoms with Gasteiger partial charge in [-0.2, -0.15) is 0 Å². The third kappa shape index (κ3) is 5.41. The third-order valence-corrected chi connectivity index (χ3v) is 4.30. The van der Waals surface area contributed by atoms with Crippen LogP contribution in [0.4, 0.5) is 0 Å². The number of unbranched alkanes of at least 4 members (excludes halogenated alkanes) is 2. The fourth-order valence-corrected chi connectivity index (χ4v) is 2.85. The number of hydrogen-bond donors (Lipinski definition) is 0. The largest absolute Gasteiger partial charge is 0.463 e. The molecule has 0 spiro atoms. The molecule has 2 aromatic carbocycles. The van der Waals surface area contributed by atoms with Crippen LogP contribution in [0.25, 0.3) is 22.1 Å². The molecule has 0 aliphatic heterocycles. The summed E-state index contributed by atoms with van der Waals surface area (Å²) >= 11 is 0. The van der Waals surface area contributed by atoms with Gasteiger partial charge < -0.3 is 14.0 Å². The molecule has 0 saturated heterocycles. The minimum atomic E-state index is -0.834. The molecular formula is C21H19NO7. The third-order valence-electron chi connectivity index (χ3n) is 4.30. The van der Waals surface area contributed by atoms with Crippen molar-refractivity contribution in [2.45, 2.75) is 25.7 Å². The molecule has 0 N–H and O–H groups in total. The van der Waals surface area contributed by atoms with E-state index in [0.717, 1.165) is 0 Å². The van der Waals surface area contributed by atoms with E-state index in [1.807, 2.05) is 0 Å². The molecule has 0 aliphatic rings. The van der Waals surface area contributed by atoms with E-state index in [-0.39, 0.29) is 18.5 Å². The molecule has 150 valence electrons. The van der Waals surface area contributed by atoms with E-state index < -0.39 is 11.1 Å². The Kier molecular flexibility index (Phi) is 6.57. The Morgan fingerprint density at radius 2 is 1.79 bits per heavy atom. The molecule has 1 aromatic heterocycles. The van der Waals surface area contributed by atoms with Gasteiger partial charge in [-0.05, 0) is 42.7 Å². The molecule has 3 aromatic rings. The average molecular weight is 397 g/mol. The normalized spacial score (nSPS) is 10.6. The van der Waals surface area contributed by atoms with Gasteiger partial charge in [0.05, 0.1) is 17.6 Å². The van der Waals surface area contributed by atoms with E-state index in [2.05, 4.69) is 4.84 Å². The summed E-state index contributed by atoms with van der Waals surface area (Å²) in [6, 6.07) is 13.6. The van der Waals surface area contributed by atoms with Crippen LogP contribution in [0.3, 0.4) is 0 Å². The van der Waals surface area contributed by atoms with Gasteiger partial charge >= 0.3 is 5.97 Å². The second kappa shape index (κ2) is 9.50. The molecule has 0 saturated carbocycles. The van der Waals surface area contributed by atoms with Crippen LogP contribution in [0.2, 0.25) is 0 Å². The SMILES string of the molecule is O=C(CCCCCO[N+](=O)[O-])Oc1ccc(-c2coc3ccccc3c2=O)cc1. The maximum atomic E-state index is 12.6. The summed E-state index contributed by atoms with van der Waals surface area (Å²) in [5, 5.41) is 9.69. The fraction of sp³-hybridized carbons (Fsp3) is 0.238. The molecule has 29 heavy (non-hydrogen) atoms. The Bertz CT molecular complexity index is 1060. The number of rotatable bonds is 9. The quantitative estimate of drug-likeness (QED) is 0.175. The molecule has 0 atom stereocenters. The Hall–Kier alpha value is -3.68. The van der Waals surface area contributed by atoms with E-state index in [4.69, 9.17) is 9.15 Å². The number of nitrogens with zero attached hydrogens (tertiary/aromatic N) is 1. The smallest absolute Gasteiger partial charge is 0.311 e. The van der Waals surface area contributed by atoms with Crippen molar-refractivity contribution in [3.8, 4) is 16.9 Å². The number of hydrogen-bond acceptors (Lipinski definition) is 7. The van der Waals surface area contributed by atoms with Crippen LogP contribution >= 0.6 is 0 Å². The Morgan fingerprint density at radius 1 is 1.03 bits per heavy atom. The number of benzene rings is 2. The van der Waals surface area contributed by atoms with Gasteiger partial charge in [-0.3, -0.25) is 9.59 Å². The lowest BCUT2D eigenvalue weighted by Gasteiger charge is -2.06. The van der Waals surface area contributed by atoms with Crippen molar-refractivity contribution in [1.82, 2.24) is 0 Å². The Morgan fingerprint density at radius 3 is 2.55 bits per heavy atom. The lowest BCUT2D eigenvalue weighted by atomic mass is 10.1. The number of para-hydroxylation sites is 1. The molecule has 3 rings (SSSR count). The molecule has 0 unspecified atom stereocenters. The maximum absolute atomic E-state index is 12.6. The van der Waals surface area contributed by atoms with Crippen LogP contribution < -0.4 is 10.2 Å². The van der Waals surface area contributed by atoms with E-state index in [1.165, 1.54) is 6.26 Å². The minimum Gasteiger partial charge on any atom is -0.463 e. The number of ether oxygens (including phenoxy) is 1. The summed E-state index contributed by atoms with van der Waals surface area (Å²) in [6.07, 6.45) is 3.30. The van der Waals surface area contributed by atoms with Crippen molar-refractivity contribution >= 4 is 16.9 Å². The van der Waals surface area contributed by atoms with Gasteiger partial charge in [0, 0.05) is 6.42 Å². The van der Waals surface area contributed by atoms with Crippen molar-refractivity contribution in [3.05, 3.63) is 75.1 Å². The predicted molar refractivity (Wildman–Crippen MR) is 105 cm³/mol. The second-order valence-corrected chi connectivity index (χ2v) is 6.34. The van der Waals surface area contributed by atoms with Crippen molar-refractivity contribution in [2.24, 2.45) is 0 Å². The topological polar surface area (TPSA) is 109 Å².